The summed E-state index contributed by atoms with van der Waals surface area (Å²) in [5.41, 5.74) is 0. The van der Waals surface area contributed by atoms with Gasteiger partial charge in [0, 0.05) is 14.2 Å². The summed E-state index contributed by atoms with van der Waals surface area (Å²) >= 11 is 0. The largest absolute Gasteiger partial charge is 0.393 e. The van der Waals surface area contributed by atoms with Crippen molar-refractivity contribution < 1.29 is 14.6 Å². The van der Waals surface area contributed by atoms with Crippen molar-refractivity contribution in [2.24, 2.45) is 5.92 Å². The minimum absolute atomic E-state index is 0.0248. The van der Waals surface area contributed by atoms with Gasteiger partial charge in [-0.05, 0) is 24.8 Å². The Morgan fingerprint density at radius 1 is 1.20 bits per heavy atom. The first-order valence-corrected chi connectivity index (χ1v) is 7.83. The summed E-state index contributed by atoms with van der Waals surface area (Å²) in [7, 11) is 2.89. The van der Waals surface area contributed by atoms with E-state index in [9.17, 15) is 5.11 Å². The Kier molecular flexibility index (Phi) is 6.48. The molecular formula is C11H24O3Si. The SMILES string of the molecule is COC(OC)[SiH2]CC(O)C1CCCCC1. The van der Waals surface area contributed by atoms with E-state index in [1.54, 1.807) is 14.2 Å². The number of hydrogen-bond donors (Lipinski definition) is 1. The fourth-order valence-corrected chi connectivity index (χ4v) is 3.95. The molecule has 0 amide bonds. The fraction of sp³-hybridized carbons (Fsp3) is 1.00. The number of hydrogen-bond acceptors (Lipinski definition) is 3. The second kappa shape index (κ2) is 7.38. The predicted molar refractivity (Wildman–Crippen MR) is 63.7 cm³/mol. The first-order valence-electron chi connectivity index (χ1n) is 6.01. The van der Waals surface area contributed by atoms with E-state index in [2.05, 4.69) is 0 Å². The topological polar surface area (TPSA) is 38.7 Å². The van der Waals surface area contributed by atoms with Crippen molar-refractivity contribution in [3.63, 3.8) is 0 Å². The van der Waals surface area contributed by atoms with Crippen LogP contribution in [0.5, 0.6) is 0 Å². The molecule has 0 heterocycles. The van der Waals surface area contributed by atoms with Crippen LogP contribution in [0.3, 0.4) is 0 Å². The summed E-state index contributed by atoms with van der Waals surface area (Å²) in [4.78, 5) is 0. The maximum atomic E-state index is 10.0. The van der Waals surface area contributed by atoms with Crippen LogP contribution in [-0.2, 0) is 9.47 Å². The summed E-state index contributed by atoms with van der Waals surface area (Å²) in [6.07, 6.45) is 6.24. The normalized spacial score (nSPS) is 21.6. The standard InChI is InChI=1S/C11H24O3Si/c1-13-11(14-2)15-8-10(12)9-6-4-3-5-7-9/h9-12H,3-8,15H2,1-2H3. The lowest BCUT2D eigenvalue weighted by Gasteiger charge is -2.27. The number of rotatable bonds is 6. The maximum absolute atomic E-state index is 10.0. The maximum Gasteiger partial charge on any atom is 0.134 e. The summed E-state index contributed by atoms with van der Waals surface area (Å²) < 4.78 is 10.3. The van der Waals surface area contributed by atoms with Gasteiger partial charge < -0.3 is 14.6 Å². The average Bonchev–Trinajstić information content (AvgIpc) is 2.31. The number of aliphatic hydroxyl groups excluding tert-OH is 1. The van der Waals surface area contributed by atoms with Gasteiger partial charge in [0.25, 0.3) is 0 Å². The Hall–Kier alpha value is 0.0969. The molecule has 4 heteroatoms. The quantitative estimate of drug-likeness (QED) is 0.550. The third-order valence-corrected chi connectivity index (χ3v) is 5.48. The number of ether oxygens (including phenoxy) is 2. The Labute approximate surface area is 95.0 Å². The van der Waals surface area contributed by atoms with Gasteiger partial charge in [-0.25, -0.2) is 0 Å². The first kappa shape index (κ1) is 13.2. The zero-order valence-electron chi connectivity index (χ0n) is 9.95. The van der Waals surface area contributed by atoms with Crippen molar-refractivity contribution in [2.45, 2.75) is 50.2 Å². The minimum atomic E-state index is -0.462. The zero-order valence-corrected chi connectivity index (χ0v) is 11.4. The van der Waals surface area contributed by atoms with Crippen molar-refractivity contribution in [2.75, 3.05) is 14.2 Å². The van der Waals surface area contributed by atoms with Gasteiger partial charge in [-0.3, -0.25) is 0 Å². The van der Waals surface area contributed by atoms with Gasteiger partial charge >= 0.3 is 0 Å². The van der Waals surface area contributed by atoms with Gasteiger partial charge in [-0.1, -0.05) is 19.3 Å². The van der Waals surface area contributed by atoms with E-state index in [0.29, 0.717) is 5.92 Å². The molecule has 1 unspecified atom stereocenters. The van der Waals surface area contributed by atoms with Gasteiger partial charge in [0.2, 0.25) is 0 Å². The highest BCUT2D eigenvalue weighted by Gasteiger charge is 2.22. The Morgan fingerprint density at radius 2 is 1.80 bits per heavy atom. The van der Waals surface area contributed by atoms with E-state index in [1.807, 2.05) is 0 Å². The molecule has 0 aromatic heterocycles. The highest BCUT2D eigenvalue weighted by atomic mass is 28.2. The molecule has 0 aromatic rings. The second-order valence-corrected chi connectivity index (χ2v) is 6.27. The predicted octanol–water partition coefficient (Wildman–Crippen LogP) is 1.09. The molecule has 0 spiro atoms. The van der Waals surface area contributed by atoms with Crippen LogP contribution in [0.1, 0.15) is 32.1 Å². The number of aliphatic hydroxyl groups is 1. The van der Waals surface area contributed by atoms with E-state index in [1.165, 1.54) is 32.1 Å². The molecule has 15 heavy (non-hydrogen) atoms. The van der Waals surface area contributed by atoms with Crippen LogP contribution in [0.25, 0.3) is 0 Å². The lowest BCUT2D eigenvalue weighted by molar-refractivity contribution is -0.0452. The van der Waals surface area contributed by atoms with Crippen LogP contribution in [0.2, 0.25) is 6.04 Å². The van der Waals surface area contributed by atoms with Gasteiger partial charge in [-0.15, -0.1) is 0 Å². The summed E-state index contributed by atoms with van der Waals surface area (Å²) in [6, 6.07) is 0.928. The van der Waals surface area contributed by atoms with E-state index in [0.717, 1.165) is 6.04 Å². The lowest BCUT2D eigenvalue weighted by Crippen LogP contribution is -2.29. The molecule has 0 aliphatic heterocycles. The summed E-state index contributed by atoms with van der Waals surface area (Å²) in [6.45, 7) is 0. The summed E-state index contributed by atoms with van der Waals surface area (Å²) in [5.74, 6) is 0.517. The van der Waals surface area contributed by atoms with Gasteiger partial charge in [0.1, 0.15) is 5.91 Å². The molecule has 1 fully saturated rings. The first-order chi connectivity index (χ1) is 7.27. The average molecular weight is 232 g/mol. The summed E-state index contributed by atoms with van der Waals surface area (Å²) in [5, 5.41) is 10.0. The second-order valence-electron chi connectivity index (χ2n) is 4.44. The Morgan fingerprint density at radius 3 is 2.33 bits per heavy atom. The Balaban J connectivity index is 2.18. The van der Waals surface area contributed by atoms with Crippen LogP contribution < -0.4 is 0 Å². The smallest absolute Gasteiger partial charge is 0.134 e. The highest BCUT2D eigenvalue weighted by molar-refractivity contribution is 6.36. The van der Waals surface area contributed by atoms with E-state index < -0.39 is 9.52 Å². The molecule has 90 valence electrons. The molecule has 1 aliphatic carbocycles. The molecule has 1 saturated carbocycles. The van der Waals surface area contributed by atoms with Gasteiger partial charge in [0.05, 0.1) is 15.6 Å². The minimum Gasteiger partial charge on any atom is -0.393 e. The van der Waals surface area contributed by atoms with Crippen LogP contribution >= 0.6 is 0 Å². The molecule has 0 aromatic carbocycles. The monoisotopic (exact) mass is 232 g/mol. The van der Waals surface area contributed by atoms with Gasteiger partial charge in [0.15, 0.2) is 0 Å². The van der Waals surface area contributed by atoms with Crippen LogP contribution in [0.4, 0.5) is 0 Å². The molecule has 0 bridgehead atoms. The molecule has 1 rings (SSSR count). The van der Waals surface area contributed by atoms with Crippen molar-refractivity contribution in [3.8, 4) is 0 Å². The van der Waals surface area contributed by atoms with Crippen molar-refractivity contribution >= 4 is 9.52 Å². The van der Waals surface area contributed by atoms with E-state index in [4.69, 9.17) is 9.47 Å². The molecule has 1 atom stereocenters. The van der Waals surface area contributed by atoms with Crippen LogP contribution in [0.15, 0.2) is 0 Å². The number of methoxy groups -OCH3 is 2. The molecule has 0 saturated heterocycles. The third kappa shape index (κ3) is 4.63. The molecular weight excluding hydrogens is 208 g/mol. The lowest BCUT2D eigenvalue weighted by atomic mass is 9.86. The van der Waals surface area contributed by atoms with Crippen LogP contribution in [0, 0.1) is 5.92 Å². The van der Waals surface area contributed by atoms with Crippen molar-refractivity contribution in [3.05, 3.63) is 0 Å². The van der Waals surface area contributed by atoms with Crippen LogP contribution in [-0.4, -0.2) is 40.9 Å². The molecule has 1 N–H and O–H groups in total. The van der Waals surface area contributed by atoms with Gasteiger partial charge in [-0.2, -0.15) is 0 Å². The van der Waals surface area contributed by atoms with E-state index >= 15 is 0 Å². The molecule has 3 nitrogen and oxygen atoms in total. The molecule has 1 aliphatic rings. The fourth-order valence-electron chi connectivity index (χ4n) is 2.39. The zero-order chi connectivity index (χ0) is 11.1. The highest BCUT2D eigenvalue weighted by Crippen LogP contribution is 2.27. The van der Waals surface area contributed by atoms with E-state index in [-0.39, 0.29) is 12.0 Å². The van der Waals surface area contributed by atoms with Crippen molar-refractivity contribution in [1.29, 1.82) is 0 Å². The van der Waals surface area contributed by atoms with Crippen molar-refractivity contribution in [1.82, 2.24) is 0 Å². The Bertz CT molecular complexity index is 156. The molecule has 0 radical (unpaired) electrons. The third-order valence-electron chi connectivity index (χ3n) is 3.42.